The Labute approximate surface area is 234 Å². The van der Waals surface area contributed by atoms with E-state index in [-0.39, 0.29) is 24.3 Å². The van der Waals surface area contributed by atoms with Gasteiger partial charge in [-0.2, -0.15) is 8.78 Å². The lowest BCUT2D eigenvalue weighted by Crippen LogP contribution is -2.27. The molecule has 0 amide bonds. The number of aliphatic hydroxyl groups excluding tert-OH is 1. The Kier molecular flexibility index (Phi) is 13.5. The SMILES string of the molecule is CCC(C)C(=O)C1=CCCC1.CCC(CC)C(NC)c1c(CO)ccnc1Nc1ccc(OC(F)(F)P)cc1. The van der Waals surface area contributed by atoms with Crippen LogP contribution in [0.1, 0.15) is 83.4 Å². The average Bonchev–Trinajstić information content (AvgIpc) is 3.47. The Hall–Kier alpha value is -2.41. The van der Waals surface area contributed by atoms with Crippen molar-refractivity contribution in [1.29, 1.82) is 0 Å². The van der Waals surface area contributed by atoms with Gasteiger partial charge in [-0.3, -0.25) is 4.79 Å². The number of allylic oxidation sites excluding steroid dienone is 2. The van der Waals surface area contributed by atoms with E-state index in [0.29, 0.717) is 23.2 Å². The number of hydrogen-bond acceptors (Lipinski definition) is 6. The quantitative estimate of drug-likeness (QED) is 0.219. The van der Waals surface area contributed by atoms with E-state index in [9.17, 15) is 18.7 Å². The third-order valence-electron chi connectivity index (χ3n) is 7.18. The highest BCUT2D eigenvalue weighted by atomic mass is 31.0. The van der Waals surface area contributed by atoms with Gasteiger partial charge in [0.15, 0.2) is 5.78 Å². The smallest absolute Gasteiger partial charge is 0.408 e. The minimum atomic E-state index is -3.31. The zero-order valence-electron chi connectivity index (χ0n) is 23.8. The molecule has 1 aromatic heterocycles. The number of ether oxygens (including phenoxy) is 1. The molecule has 3 unspecified atom stereocenters. The summed E-state index contributed by atoms with van der Waals surface area (Å²) in [5.41, 5.74) is 3.48. The molecule has 9 heteroatoms. The normalized spacial score (nSPS) is 14.8. The molecule has 3 atom stereocenters. The van der Waals surface area contributed by atoms with Crippen LogP contribution in [-0.4, -0.2) is 28.8 Å². The van der Waals surface area contributed by atoms with Crippen LogP contribution in [0.4, 0.5) is 20.3 Å². The van der Waals surface area contributed by atoms with Gasteiger partial charge >= 0.3 is 5.85 Å². The van der Waals surface area contributed by atoms with Gasteiger partial charge in [0.05, 0.1) is 6.61 Å². The number of nitrogens with zero attached hydrogens (tertiary/aromatic N) is 1. The predicted molar refractivity (Wildman–Crippen MR) is 157 cm³/mol. The molecular weight excluding hydrogens is 519 g/mol. The second-order valence-corrected chi connectivity index (χ2v) is 10.5. The van der Waals surface area contributed by atoms with Crippen molar-refractivity contribution in [3.05, 3.63) is 59.3 Å². The first-order valence-electron chi connectivity index (χ1n) is 13.8. The molecule has 0 saturated carbocycles. The second-order valence-electron chi connectivity index (χ2n) is 9.84. The number of aromatic nitrogens is 1. The molecule has 0 radical (unpaired) electrons. The lowest BCUT2D eigenvalue weighted by atomic mass is 9.87. The lowest BCUT2D eigenvalue weighted by Gasteiger charge is -2.29. The van der Waals surface area contributed by atoms with Crippen molar-refractivity contribution >= 4 is 26.5 Å². The number of halogens is 2. The van der Waals surface area contributed by atoms with Gasteiger partial charge in [-0.15, -0.1) is 0 Å². The van der Waals surface area contributed by atoms with Crippen molar-refractivity contribution in [1.82, 2.24) is 10.3 Å². The molecule has 39 heavy (non-hydrogen) atoms. The van der Waals surface area contributed by atoms with Crippen LogP contribution >= 0.6 is 9.24 Å². The molecule has 3 rings (SSSR count). The summed E-state index contributed by atoms with van der Waals surface area (Å²) >= 11 is 0. The fourth-order valence-corrected chi connectivity index (χ4v) is 4.91. The van der Waals surface area contributed by atoms with Gasteiger partial charge in [-0.05, 0) is 89.4 Å². The third kappa shape index (κ3) is 9.93. The summed E-state index contributed by atoms with van der Waals surface area (Å²) in [6.45, 7) is 8.27. The zero-order valence-corrected chi connectivity index (χ0v) is 24.9. The molecular formula is C30H44F2N3O3P. The molecule has 1 aliphatic carbocycles. The van der Waals surface area contributed by atoms with Crippen LogP contribution in [0.25, 0.3) is 0 Å². The van der Waals surface area contributed by atoms with Crippen LogP contribution in [-0.2, 0) is 11.4 Å². The number of hydrogen-bond donors (Lipinski definition) is 3. The summed E-state index contributed by atoms with van der Waals surface area (Å²) in [7, 11) is 3.24. The number of Topliss-reactive ketones (excluding diaryl/α,β-unsaturated/α-hetero) is 1. The summed E-state index contributed by atoms with van der Waals surface area (Å²) in [6.07, 6.45) is 9.99. The van der Waals surface area contributed by atoms with Crippen molar-refractivity contribution < 1.29 is 23.4 Å². The lowest BCUT2D eigenvalue weighted by molar-refractivity contribution is -0.118. The maximum atomic E-state index is 12.9. The number of pyridine rings is 1. The molecule has 1 heterocycles. The van der Waals surface area contributed by atoms with Crippen LogP contribution in [0.2, 0.25) is 0 Å². The fraction of sp³-hybridized carbons (Fsp3) is 0.533. The summed E-state index contributed by atoms with van der Waals surface area (Å²) < 4.78 is 30.4. The summed E-state index contributed by atoms with van der Waals surface area (Å²) in [5.74, 6) is -1.63. The van der Waals surface area contributed by atoms with Crippen LogP contribution < -0.4 is 15.4 Å². The highest BCUT2D eigenvalue weighted by Crippen LogP contribution is 2.35. The number of carbonyl (C=O) groups is 1. The van der Waals surface area contributed by atoms with Crippen molar-refractivity contribution in [2.75, 3.05) is 12.4 Å². The van der Waals surface area contributed by atoms with E-state index in [2.05, 4.69) is 47.2 Å². The topological polar surface area (TPSA) is 83.5 Å². The fourth-order valence-electron chi connectivity index (χ4n) is 4.77. The largest absolute Gasteiger partial charge is 0.430 e. The number of carbonyl (C=O) groups excluding carboxylic acids is 1. The van der Waals surface area contributed by atoms with E-state index < -0.39 is 5.85 Å². The van der Waals surface area contributed by atoms with Crippen LogP contribution in [0.15, 0.2) is 48.2 Å². The first-order valence-corrected chi connectivity index (χ1v) is 14.4. The monoisotopic (exact) mass is 563 g/mol. The van der Waals surface area contributed by atoms with Crippen LogP contribution in [0, 0.1) is 11.8 Å². The van der Waals surface area contributed by atoms with Gasteiger partial charge in [0, 0.05) is 29.4 Å². The van der Waals surface area contributed by atoms with E-state index >= 15 is 0 Å². The number of aliphatic hydroxyl groups is 1. The van der Waals surface area contributed by atoms with Gasteiger partial charge in [0.2, 0.25) is 0 Å². The third-order valence-corrected chi connectivity index (χ3v) is 7.30. The van der Waals surface area contributed by atoms with Crippen LogP contribution in [0.3, 0.4) is 0 Å². The van der Waals surface area contributed by atoms with E-state index in [1.54, 1.807) is 18.3 Å². The van der Waals surface area contributed by atoms with Gasteiger partial charge < -0.3 is 20.5 Å². The molecule has 1 aliphatic rings. The Morgan fingerprint density at radius 1 is 1.15 bits per heavy atom. The number of nitrogens with one attached hydrogen (secondary N) is 2. The summed E-state index contributed by atoms with van der Waals surface area (Å²) in [6, 6.07) is 8.05. The Bertz CT molecular complexity index is 1070. The maximum Gasteiger partial charge on any atom is 0.408 e. The highest BCUT2D eigenvalue weighted by Gasteiger charge is 2.26. The number of rotatable bonds is 13. The molecule has 0 spiro atoms. The van der Waals surface area contributed by atoms with Gasteiger partial charge in [0.25, 0.3) is 0 Å². The molecule has 2 aromatic rings. The number of ketones is 1. The van der Waals surface area contributed by atoms with E-state index in [1.165, 1.54) is 27.8 Å². The second kappa shape index (κ2) is 16.0. The van der Waals surface area contributed by atoms with Crippen molar-refractivity contribution in [3.63, 3.8) is 0 Å². The maximum absolute atomic E-state index is 12.9. The first kappa shape index (κ1) is 32.8. The molecule has 1 aromatic carbocycles. The Morgan fingerprint density at radius 3 is 2.31 bits per heavy atom. The number of anilines is 2. The number of benzene rings is 1. The van der Waals surface area contributed by atoms with Crippen molar-refractivity contribution in [2.24, 2.45) is 11.8 Å². The van der Waals surface area contributed by atoms with E-state index in [4.69, 9.17) is 0 Å². The molecule has 6 nitrogen and oxygen atoms in total. The van der Waals surface area contributed by atoms with Crippen molar-refractivity contribution in [2.45, 2.75) is 84.7 Å². The highest BCUT2D eigenvalue weighted by molar-refractivity contribution is 7.17. The molecule has 0 aliphatic heterocycles. The Balaban J connectivity index is 0.000000404. The molecule has 3 N–H and O–H groups in total. The molecule has 0 saturated heterocycles. The summed E-state index contributed by atoms with van der Waals surface area (Å²) in [5, 5.41) is 16.5. The standard InChI is InChI=1S/C20H28F2N3O2P.C10H16O/c1-4-13(5-2)18(23-3)17-14(12-26)10-11-24-19(17)25-15-6-8-16(9-7-15)27-20(21,22)28;1-3-8(2)10(11)9-6-4-5-7-9/h6-11,13,18,23,26H,4-5,12,28H2,1-3H3,(H,24,25);6,8H,3-5,7H2,1-2H3. The molecule has 216 valence electrons. The van der Waals surface area contributed by atoms with Gasteiger partial charge in [-0.1, -0.05) is 46.6 Å². The predicted octanol–water partition coefficient (Wildman–Crippen LogP) is 7.53. The minimum absolute atomic E-state index is 0.0202. The summed E-state index contributed by atoms with van der Waals surface area (Å²) in [4.78, 5) is 16.0. The molecule has 0 bridgehead atoms. The minimum Gasteiger partial charge on any atom is -0.430 e. The van der Waals surface area contributed by atoms with E-state index in [0.717, 1.165) is 48.8 Å². The van der Waals surface area contributed by atoms with E-state index in [1.807, 2.05) is 20.0 Å². The number of alkyl halides is 2. The first-order chi connectivity index (χ1) is 18.6. The Morgan fingerprint density at radius 2 is 1.82 bits per heavy atom. The van der Waals surface area contributed by atoms with Gasteiger partial charge in [-0.25, -0.2) is 4.98 Å². The average molecular weight is 564 g/mol. The zero-order chi connectivity index (χ0) is 29.0. The van der Waals surface area contributed by atoms with Crippen molar-refractivity contribution in [3.8, 4) is 5.75 Å². The van der Waals surface area contributed by atoms with Gasteiger partial charge in [0.1, 0.15) is 11.6 Å². The molecule has 0 fully saturated rings. The van der Waals surface area contributed by atoms with Crippen LogP contribution in [0.5, 0.6) is 5.75 Å².